The minimum atomic E-state index is -0.0667. The van der Waals surface area contributed by atoms with Crippen LogP contribution < -0.4 is 5.56 Å². The summed E-state index contributed by atoms with van der Waals surface area (Å²) in [7, 11) is 0. The van der Waals surface area contributed by atoms with Crippen LogP contribution in [0.25, 0.3) is 11.0 Å². The van der Waals surface area contributed by atoms with Gasteiger partial charge in [0.15, 0.2) is 10.7 Å². The Morgan fingerprint density at radius 1 is 1.03 bits per heavy atom. The molecule has 4 aromatic rings. The van der Waals surface area contributed by atoms with Crippen molar-refractivity contribution in [3.63, 3.8) is 0 Å². The van der Waals surface area contributed by atoms with E-state index >= 15 is 0 Å². The van der Waals surface area contributed by atoms with Crippen LogP contribution in [0.1, 0.15) is 23.7 Å². The summed E-state index contributed by atoms with van der Waals surface area (Å²) in [6.45, 7) is 4.94. The Bertz CT molecular complexity index is 1200. The third-order valence-electron chi connectivity index (χ3n) is 4.75. The summed E-state index contributed by atoms with van der Waals surface area (Å²) in [4.78, 5) is 18.3. The van der Waals surface area contributed by atoms with Gasteiger partial charge in [0, 0.05) is 17.3 Å². The minimum Gasteiger partial charge on any atom is -0.281 e. The maximum absolute atomic E-state index is 13.4. The van der Waals surface area contributed by atoms with E-state index in [4.69, 9.17) is 16.6 Å². The van der Waals surface area contributed by atoms with Gasteiger partial charge in [-0.25, -0.2) is 4.98 Å². The summed E-state index contributed by atoms with van der Waals surface area (Å²) in [6.07, 6.45) is 0. The first-order valence-electron chi connectivity index (χ1n) is 9.46. The van der Waals surface area contributed by atoms with Crippen molar-refractivity contribution in [2.45, 2.75) is 37.8 Å². The van der Waals surface area contributed by atoms with Gasteiger partial charge in [0.05, 0.1) is 12.2 Å². The minimum absolute atomic E-state index is 0.0667. The Balaban J connectivity index is 1.81. The van der Waals surface area contributed by atoms with Crippen LogP contribution in [0.2, 0.25) is 5.02 Å². The van der Waals surface area contributed by atoms with E-state index in [1.54, 1.807) is 21.0 Å². The Labute approximate surface area is 178 Å². The number of rotatable bonds is 6. The third kappa shape index (κ3) is 4.09. The number of benzene rings is 2. The van der Waals surface area contributed by atoms with Gasteiger partial charge in [-0.05, 0) is 37.1 Å². The molecular formula is C22H21ClN4OS. The second-order valence-corrected chi connectivity index (χ2v) is 8.16. The smallest absolute Gasteiger partial charge is 0.280 e. The molecule has 7 heteroatoms. The highest BCUT2D eigenvalue weighted by atomic mass is 35.5. The molecule has 0 spiro atoms. The maximum Gasteiger partial charge on any atom is 0.280 e. The molecule has 29 heavy (non-hydrogen) atoms. The maximum atomic E-state index is 13.4. The van der Waals surface area contributed by atoms with Gasteiger partial charge in [0.1, 0.15) is 5.52 Å². The average molecular weight is 425 g/mol. The Morgan fingerprint density at radius 3 is 2.45 bits per heavy atom. The van der Waals surface area contributed by atoms with Crippen LogP contribution in [-0.2, 0) is 18.8 Å². The zero-order chi connectivity index (χ0) is 20.4. The van der Waals surface area contributed by atoms with E-state index in [1.165, 1.54) is 5.56 Å². The lowest BCUT2D eigenvalue weighted by Crippen LogP contribution is -2.25. The molecule has 0 unspecified atom stereocenters. The van der Waals surface area contributed by atoms with Crippen LogP contribution in [0, 0.1) is 6.92 Å². The van der Waals surface area contributed by atoms with Crippen molar-refractivity contribution in [1.82, 2.24) is 19.3 Å². The fraction of sp³-hybridized carbons (Fsp3) is 0.227. The largest absolute Gasteiger partial charge is 0.281 e. The first-order chi connectivity index (χ1) is 14.1. The number of thioether (sulfide) groups is 1. The highest BCUT2D eigenvalue weighted by Gasteiger charge is 2.18. The van der Waals surface area contributed by atoms with Gasteiger partial charge < -0.3 is 0 Å². The lowest BCUT2D eigenvalue weighted by molar-refractivity contribution is 0.636. The van der Waals surface area contributed by atoms with Gasteiger partial charge in [0.25, 0.3) is 5.56 Å². The summed E-state index contributed by atoms with van der Waals surface area (Å²) in [5, 5.41) is 5.87. The third-order valence-corrected chi connectivity index (χ3v) is 6.05. The summed E-state index contributed by atoms with van der Waals surface area (Å²) >= 11 is 7.58. The molecule has 0 aliphatic heterocycles. The molecule has 0 saturated carbocycles. The van der Waals surface area contributed by atoms with E-state index in [0.717, 1.165) is 17.0 Å². The predicted molar refractivity (Wildman–Crippen MR) is 119 cm³/mol. The molecule has 5 nitrogen and oxygen atoms in total. The normalized spacial score (nSPS) is 11.3. The van der Waals surface area contributed by atoms with Gasteiger partial charge in [-0.2, -0.15) is 5.10 Å². The number of halogens is 1. The van der Waals surface area contributed by atoms with Crippen LogP contribution in [0.3, 0.4) is 0 Å². The van der Waals surface area contributed by atoms with Crippen LogP contribution in [0.4, 0.5) is 0 Å². The van der Waals surface area contributed by atoms with E-state index < -0.39 is 0 Å². The van der Waals surface area contributed by atoms with Crippen molar-refractivity contribution >= 4 is 34.4 Å². The summed E-state index contributed by atoms with van der Waals surface area (Å²) in [6, 6.07) is 17.7. The fourth-order valence-electron chi connectivity index (χ4n) is 3.26. The number of hydrogen-bond acceptors (Lipinski definition) is 4. The summed E-state index contributed by atoms with van der Waals surface area (Å²) in [5.74, 6) is 0.736. The highest BCUT2D eigenvalue weighted by Crippen LogP contribution is 2.24. The van der Waals surface area contributed by atoms with Crippen LogP contribution in [-0.4, -0.2) is 19.3 Å². The molecule has 0 amide bonds. The van der Waals surface area contributed by atoms with Gasteiger partial charge in [0.2, 0.25) is 0 Å². The van der Waals surface area contributed by atoms with E-state index in [-0.39, 0.29) is 5.56 Å². The van der Waals surface area contributed by atoms with E-state index in [1.807, 2.05) is 56.3 Å². The molecule has 0 N–H and O–H groups in total. The molecule has 2 aromatic heterocycles. The van der Waals surface area contributed by atoms with Crippen molar-refractivity contribution in [3.05, 3.63) is 86.8 Å². The van der Waals surface area contributed by atoms with Crippen molar-refractivity contribution in [3.8, 4) is 0 Å². The van der Waals surface area contributed by atoms with E-state index in [9.17, 15) is 4.79 Å². The lowest BCUT2D eigenvalue weighted by atomic mass is 10.2. The molecule has 0 aliphatic carbocycles. The molecule has 0 aliphatic rings. The molecule has 0 saturated heterocycles. The Hall–Kier alpha value is -2.57. The highest BCUT2D eigenvalue weighted by molar-refractivity contribution is 7.98. The molecule has 0 bridgehead atoms. The fourth-order valence-corrected chi connectivity index (χ4v) is 4.33. The molecule has 2 aromatic carbocycles. The molecule has 0 atom stereocenters. The molecular weight excluding hydrogens is 404 g/mol. The van der Waals surface area contributed by atoms with Gasteiger partial charge in [-0.3, -0.25) is 14.0 Å². The van der Waals surface area contributed by atoms with Crippen LogP contribution >= 0.6 is 23.4 Å². The quantitative estimate of drug-likeness (QED) is 0.326. The molecule has 0 fully saturated rings. The standard InChI is InChI=1S/C22H21ClN4OS/c1-3-27-20-19(15(2)25-27)24-22(29-14-17-7-5-4-6-8-17)26(21(20)28)13-16-9-11-18(23)12-10-16/h4-12H,3,13-14H2,1-2H3. The van der Waals surface area contributed by atoms with Gasteiger partial charge >= 0.3 is 0 Å². The lowest BCUT2D eigenvalue weighted by Gasteiger charge is -2.13. The number of hydrogen-bond donors (Lipinski definition) is 0. The summed E-state index contributed by atoms with van der Waals surface area (Å²) < 4.78 is 3.48. The first kappa shape index (κ1) is 19.7. The second kappa shape index (κ2) is 8.43. The molecule has 148 valence electrons. The van der Waals surface area contributed by atoms with Crippen molar-refractivity contribution < 1.29 is 0 Å². The SMILES string of the molecule is CCn1nc(C)c2nc(SCc3ccccc3)n(Cc3ccc(Cl)cc3)c(=O)c21. The molecule has 4 rings (SSSR count). The van der Waals surface area contributed by atoms with E-state index in [2.05, 4.69) is 17.2 Å². The number of aryl methyl sites for hydroxylation is 2. The molecule has 0 radical (unpaired) electrons. The second-order valence-electron chi connectivity index (χ2n) is 6.78. The number of aromatic nitrogens is 4. The van der Waals surface area contributed by atoms with Crippen LogP contribution in [0.5, 0.6) is 0 Å². The van der Waals surface area contributed by atoms with Crippen LogP contribution in [0.15, 0.2) is 64.5 Å². The topological polar surface area (TPSA) is 52.7 Å². The first-order valence-corrected chi connectivity index (χ1v) is 10.8. The van der Waals surface area contributed by atoms with Crippen molar-refractivity contribution in [2.24, 2.45) is 0 Å². The average Bonchev–Trinajstić information content (AvgIpc) is 3.07. The predicted octanol–water partition coefficient (Wildman–Crippen LogP) is 4.92. The van der Waals surface area contributed by atoms with Crippen molar-refractivity contribution in [2.75, 3.05) is 0 Å². The zero-order valence-corrected chi connectivity index (χ0v) is 17.9. The summed E-state index contributed by atoms with van der Waals surface area (Å²) in [5.41, 5.74) is 4.13. The van der Waals surface area contributed by atoms with E-state index in [0.29, 0.717) is 34.3 Å². The molecule has 2 heterocycles. The number of fused-ring (bicyclic) bond motifs is 1. The Morgan fingerprint density at radius 2 is 1.76 bits per heavy atom. The number of nitrogens with zero attached hydrogens (tertiary/aromatic N) is 4. The monoisotopic (exact) mass is 424 g/mol. The van der Waals surface area contributed by atoms with Gasteiger partial charge in [-0.15, -0.1) is 0 Å². The zero-order valence-electron chi connectivity index (χ0n) is 16.3. The Kier molecular flexibility index (Phi) is 5.74. The van der Waals surface area contributed by atoms with Crippen molar-refractivity contribution in [1.29, 1.82) is 0 Å². The van der Waals surface area contributed by atoms with Gasteiger partial charge in [-0.1, -0.05) is 65.8 Å².